The van der Waals surface area contributed by atoms with E-state index in [0.717, 1.165) is 16.8 Å². The molecule has 176 valence electrons. The van der Waals surface area contributed by atoms with Gasteiger partial charge in [-0.2, -0.15) is 0 Å². The molecule has 5 rings (SSSR count). The van der Waals surface area contributed by atoms with E-state index in [1.54, 1.807) is 12.1 Å². The van der Waals surface area contributed by atoms with Crippen molar-refractivity contribution in [1.29, 1.82) is 0 Å². The average Bonchev–Trinajstić information content (AvgIpc) is 3.64. The molecule has 1 heterocycles. The van der Waals surface area contributed by atoms with Gasteiger partial charge in [0.1, 0.15) is 16.3 Å². The predicted molar refractivity (Wildman–Crippen MR) is 135 cm³/mol. The number of ether oxygens (including phenoxy) is 1. The summed E-state index contributed by atoms with van der Waals surface area (Å²) in [5.41, 5.74) is 3.40. The highest BCUT2D eigenvalue weighted by atomic mass is 35.5. The van der Waals surface area contributed by atoms with Gasteiger partial charge in [-0.05, 0) is 72.6 Å². The summed E-state index contributed by atoms with van der Waals surface area (Å²) in [4.78, 5) is 12.8. The van der Waals surface area contributed by atoms with Crippen molar-refractivity contribution >= 4 is 63.7 Å². The quantitative estimate of drug-likeness (QED) is 0.253. The van der Waals surface area contributed by atoms with Gasteiger partial charge < -0.3 is 15.4 Å². The Morgan fingerprint density at radius 3 is 2.29 bits per heavy atom. The fraction of sp³-hybridized carbons (Fsp3) is 0.240. The molecule has 4 unspecified atom stereocenters. The number of amides is 1. The molecule has 0 bridgehead atoms. The van der Waals surface area contributed by atoms with Gasteiger partial charge in [-0.3, -0.25) is 4.79 Å². The number of halogens is 5. The number of nitrogens with one attached hydrogen (secondary N) is 2. The minimum atomic E-state index is -0.984. The fourth-order valence-corrected chi connectivity index (χ4v) is 5.75. The Kier molecular flexibility index (Phi) is 6.20. The van der Waals surface area contributed by atoms with Crippen LogP contribution in [0.3, 0.4) is 0 Å². The minimum Gasteiger partial charge on any atom is -0.358 e. The van der Waals surface area contributed by atoms with Gasteiger partial charge in [0.05, 0.1) is 0 Å². The smallest absolute Gasteiger partial charge is 0.256 e. The van der Waals surface area contributed by atoms with Crippen LogP contribution in [0.15, 0.2) is 60.7 Å². The first-order valence-corrected chi connectivity index (χ1v) is 12.1. The first-order chi connectivity index (χ1) is 16.1. The van der Waals surface area contributed by atoms with E-state index in [9.17, 15) is 9.18 Å². The number of epoxide rings is 1. The SMILES string of the molecule is Cc1ccc(NC2OC2C2C(c3cc(Cl)cc(Cl)c3)C2(Cl)Cl)cc1C(=O)Nc1ccc(F)cc1. The molecule has 1 aliphatic heterocycles. The van der Waals surface area contributed by atoms with Crippen LogP contribution in [-0.2, 0) is 4.74 Å². The Balaban J connectivity index is 1.26. The first kappa shape index (κ1) is 23.7. The molecule has 0 aromatic heterocycles. The molecule has 1 saturated heterocycles. The van der Waals surface area contributed by atoms with Crippen molar-refractivity contribution in [3.63, 3.8) is 0 Å². The highest BCUT2D eigenvalue weighted by Gasteiger charge is 2.72. The third-order valence-electron chi connectivity index (χ3n) is 6.13. The molecule has 0 radical (unpaired) electrons. The number of carbonyl (C=O) groups excluding carboxylic acids is 1. The van der Waals surface area contributed by atoms with E-state index in [1.165, 1.54) is 24.3 Å². The van der Waals surface area contributed by atoms with Crippen LogP contribution in [0.1, 0.15) is 27.4 Å². The second kappa shape index (κ2) is 8.89. The number of hydrogen-bond donors (Lipinski definition) is 2. The largest absolute Gasteiger partial charge is 0.358 e. The maximum absolute atomic E-state index is 13.1. The Morgan fingerprint density at radius 2 is 1.62 bits per heavy atom. The van der Waals surface area contributed by atoms with Gasteiger partial charge in [0.2, 0.25) is 0 Å². The van der Waals surface area contributed by atoms with Gasteiger partial charge in [0.25, 0.3) is 5.91 Å². The van der Waals surface area contributed by atoms with Crippen LogP contribution in [0.4, 0.5) is 15.8 Å². The zero-order valence-corrected chi connectivity index (χ0v) is 20.8. The summed E-state index contributed by atoms with van der Waals surface area (Å²) in [5, 5.41) is 7.12. The van der Waals surface area contributed by atoms with Crippen molar-refractivity contribution in [1.82, 2.24) is 0 Å². The fourth-order valence-electron chi connectivity index (χ4n) is 4.31. The zero-order valence-electron chi connectivity index (χ0n) is 17.8. The summed E-state index contributed by atoms with van der Waals surface area (Å²) >= 11 is 25.5. The van der Waals surface area contributed by atoms with E-state index < -0.39 is 4.33 Å². The Morgan fingerprint density at radius 1 is 0.971 bits per heavy atom. The van der Waals surface area contributed by atoms with Crippen molar-refractivity contribution in [2.45, 2.75) is 29.5 Å². The number of hydrogen-bond acceptors (Lipinski definition) is 3. The number of aryl methyl sites for hydroxylation is 1. The number of anilines is 2. The molecule has 3 aromatic rings. The summed E-state index contributed by atoms with van der Waals surface area (Å²) in [6.07, 6.45) is -0.493. The lowest BCUT2D eigenvalue weighted by Gasteiger charge is -2.11. The normalized spacial score (nSPS) is 24.4. The van der Waals surface area contributed by atoms with Crippen LogP contribution in [-0.4, -0.2) is 22.6 Å². The molecular formula is C25H19Cl4FN2O2. The second-order valence-corrected chi connectivity index (χ2v) is 10.9. The first-order valence-electron chi connectivity index (χ1n) is 10.6. The average molecular weight is 540 g/mol. The van der Waals surface area contributed by atoms with Crippen LogP contribution in [0.5, 0.6) is 0 Å². The van der Waals surface area contributed by atoms with Crippen molar-refractivity contribution < 1.29 is 13.9 Å². The minimum absolute atomic E-state index is 0.130. The molecule has 3 aromatic carbocycles. The topological polar surface area (TPSA) is 53.7 Å². The van der Waals surface area contributed by atoms with Gasteiger partial charge in [-0.25, -0.2) is 4.39 Å². The number of alkyl halides is 2. The van der Waals surface area contributed by atoms with Gasteiger partial charge in [0, 0.05) is 38.8 Å². The van der Waals surface area contributed by atoms with E-state index in [2.05, 4.69) is 10.6 Å². The summed E-state index contributed by atoms with van der Waals surface area (Å²) in [7, 11) is 0. The third-order valence-corrected chi connectivity index (χ3v) is 7.54. The summed E-state index contributed by atoms with van der Waals surface area (Å²) in [6, 6.07) is 16.4. The van der Waals surface area contributed by atoms with E-state index in [-0.39, 0.29) is 35.9 Å². The van der Waals surface area contributed by atoms with E-state index in [0.29, 0.717) is 21.3 Å². The molecule has 0 spiro atoms. The van der Waals surface area contributed by atoms with Gasteiger partial charge >= 0.3 is 0 Å². The number of carbonyl (C=O) groups is 1. The molecule has 9 heteroatoms. The maximum Gasteiger partial charge on any atom is 0.256 e. The van der Waals surface area contributed by atoms with Crippen molar-refractivity contribution in [3.05, 3.63) is 93.2 Å². The summed E-state index contributed by atoms with van der Waals surface area (Å²) in [6.45, 7) is 1.85. The van der Waals surface area contributed by atoms with Gasteiger partial charge in [-0.15, -0.1) is 23.2 Å². The zero-order chi connectivity index (χ0) is 24.2. The van der Waals surface area contributed by atoms with Crippen molar-refractivity contribution in [3.8, 4) is 0 Å². The summed E-state index contributed by atoms with van der Waals surface area (Å²) in [5.74, 6) is -0.941. The second-order valence-electron chi connectivity index (χ2n) is 8.54. The molecule has 34 heavy (non-hydrogen) atoms. The molecular weight excluding hydrogens is 521 g/mol. The monoisotopic (exact) mass is 538 g/mol. The van der Waals surface area contributed by atoms with Crippen LogP contribution in [0.25, 0.3) is 0 Å². The van der Waals surface area contributed by atoms with Crippen LogP contribution in [0, 0.1) is 18.7 Å². The Hall–Kier alpha value is -2.02. The molecule has 4 atom stereocenters. The lowest BCUT2D eigenvalue weighted by atomic mass is 10.1. The van der Waals surface area contributed by atoms with Crippen LogP contribution in [0.2, 0.25) is 10.0 Å². The summed E-state index contributed by atoms with van der Waals surface area (Å²) < 4.78 is 18.0. The van der Waals surface area contributed by atoms with Crippen LogP contribution < -0.4 is 10.6 Å². The standard InChI is InChI=1S/C25H19Cl4FN2O2/c1-12-2-5-18(11-19(12)23(33)31-17-6-3-16(30)4-7-17)32-24-22(34-24)21-20(25(21,28)29)13-8-14(26)10-15(27)9-13/h2-11,20-22,24,32H,1H3,(H,31,33). The van der Waals surface area contributed by atoms with Crippen LogP contribution >= 0.6 is 46.4 Å². The predicted octanol–water partition coefficient (Wildman–Crippen LogP) is 7.42. The number of benzene rings is 3. The third kappa shape index (κ3) is 4.73. The lowest BCUT2D eigenvalue weighted by Crippen LogP contribution is -2.15. The van der Waals surface area contributed by atoms with Crippen molar-refractivity contribution in [2.24, 2.45) is 5.92 Å². The lowest BCUT2D eigenvalue weighted by molar-refractivity contribution is 0.102. The van der Waals surface area contributed by atoms with Gasteiger partial charge in [-0.1, -0.05) is 29.3 Å². The molecule has 1 aliphatic carbocycles. The highest BCUT2D eigenvalue weighted by Crippen LogP contribution is 2.69. The Bertz CT molecular complexity index is 1250. The molecule has 2 N–H and O–H groups in total. The van der Waals surface area contributed by atoms with E-state index in [1.807, 2.05) is 31.2 Å². The maximum atomic E-state index is 13.1. The Labute approximate surface area is 216 Å². The molecule has 2 fully saturated rings. The van der Waals surface area contributed by atoms with E-state index in [4.69, 9.17) is 51.1 Å². The molecule has 1 amide bonds. The van der Waals surface area contributed by atoms with E-state index >= 15 is 0 Å². The van der Waals surface area contributed by atoms with Crippen molar-refractivity contribution in [2.75, 3.05) is 10.6 Å². The molecule has 1 saturated carbocycles. The highest BCUT2D eigenvalue weighted by molar-refractivity contribution is 6.52. The molecule has 4 nitrogen and oxygen atoms in total. The number of rotatable bonds is 6. The molecule has 2 aliphatic rings. The van der Waals surface area contributed by atoms with Gasteiger partial charge in [0.15, 0.2) is 6.23 Å².